The summed E-state index contributed by atoms with van der Waals surface area (Å²) in [6.45, 7) is 8.05. The van der Waals surface area contributed by atoms with Crippen LogP contribution in [-0.2, 0) is 0 Å². The van der Waals surface area contributed by atoms with E-state index in [0.717, 1.165) is 11.4 Å². The number of rotatable bonds is 5. The van der Waals surface area contributed by atoms with Gasteiger partial charge in [0.15, 0.2) is 0 Å². The zero-order chi connectivity index (χ0) is 14.4. The smallest absolute Gasteiger partial charge is 0.142 e. The predicted octanol–water partition coefficient (Wildman–Crippen LogP) is 3.68. The second kappa shape index (κ2) is 7.53. The maximum Gasteiger partial charge on any atom is 0.142 e. The first-order valence-corrected chi connectivity index (χ1v) is 7.86. The number of hydrogen-bond acceptors (Lipinski definition) is 3. The topological polar surface area (TPSA) is 24.5 Å². The molecule has 3 heteroatoms. The first kappa shape index (κ1) is 15.2. The van der Waals surface area contributed by atoms with Crippen LogP contribution in [0.4, 0.5) is 5.69 Å². The summed E-state index contributed by atoms with van der Waals surface area (Å²) in [6.07, 6.45) is 5.00. The summed E-state index contributed by atoms with van der Waals surface area (Å²) in [5.74, 6) is 0.958. The third-order valence-electron chi connectivity index (χ3n) is 4.08. The SMILES string of the molecule is CCCN1CCCC(Nc2ccc(C)cc2OC)CC1. The fourth-order valence-corrected chi connectivity index (χ4v) is 2.98. The van der Waals surface area contributed by atoms with Gasteiger partial charge >= 0.3 is 0 Å². The molecule has 0 aliphatic carbocycles. The summed E-state index contributed by atoms with van der Waals surface area (Å²) in [4.78, 5) is 2.59. The standard InChI is InChI=1S/C17H28N2O/c1-4-10-19-11-5-6-15(9-12-19)18-16-8-7-14(2)13-17(16)20-3/h7-8,13,15,18H,4-6,9-12H2,1-3H3. The number of benzene rings is 1. The lowest BCUT2D eigenvalue weighted by atomic mass is 10.1. The summed E-state index contributed by atoms with van der Waals surface area (Å²) in [7, 11) is 1.75. The van der Waals surface area contributed by atoms with E-state index in [9.17, 15) is 0 Å². The number of anilines is 1. The third-order valence-corrected chi connectivity index (χ3v) is 4.08. The highest BCUT2D eigenvalue weighted by Gasteiger charge is 2.17. The molecule has 1 heterocycles. The van der Waals surface area contributed by atoms with Crippen LogP contribution in [0.15, 0.2) is 18.2 Å². The Labute approximate surface area is 123 Å². The van der Waals surface area contributed by atoms with Gasteiger partial charge in [-0.1, -0.05) is 13.0 Å². The predicted molar refractivity (Wildman–Crippen MR) is 85.7 cm³/mol. The molecule has 1 aliphatic heterocycles. The molecule has 0 amide bonds. The number of hydrogen-bond donors (Lipinski definition) is 1. The quantitative estimate of drug-likeness (QED) is 0.888. The molecule has 0 saturated carbocycles. The highest BCUT2D eigenvalue weighted by molar-refractivity contribution is 5.58. The van der Waals surface area contributed by atoms with Gasteiger partial charge in [0.05, 0.1) is 12.8 Å². The van der Waals surface area contributed by atoms with Crippen LogP contribution in [0, 0.1) is 6.92 Å². The van der Waals surface area contributed by atoms with E-state index in [1.165, 1.54) is 50.9 Å². The van der Waals surface area contributed by atoms with Crippen molar-refractivity contribution in [3.63, 3.8) is 0 Å². The lowest BCUT2D eigenvalue weighted by Crippen LogP contribution is -2.27. The molecule has 2 rings (SSSR count). The van der Waals surface area contributed by atoms with Gasteiger partial charge in [0.2, 0.25) is 0 Å². The molecule has 1 aromatic rings. The Morgan fingerprint density at radius 3 is 2.90 bits per heavy atom. The minimum absolute atomic E-state index is 0.563. The van der Waals surface area contributed by atoms with E-state index in [1.807, 2.05) is 0 Å². The molecule has 20 heavy (non-hydrogen) atoms. The van der Waals surface area contributed by atoms with Crippen LogP contribution in [0.2, 0.25) is 0 Å². The molecule has 1 unspecified atom stereocenters. The number of nitrogens with one attached hydrogen (secondary N) is 1. The van der Waals surface area contributed by atoms with Gasteiger partial charge in [0.25, 0.3) is 0 Å². The van der Waals surface area contributed by atoms with Gasteiger partial charge in [-0.3, -0.25) is 0 Å². The first-order chi connectivity index (χ1) is 9.72. The molecule has 0 bridgehead atoms. The van der Waals surface area contributed by atoms with Crippen molar-refractivity contribution in [1.82, 2.24) is 4.90 Å². The molecule has 112 valence electrons. The number of ether oxygens (including phenoxy) is 1. The highest BCUT2D eigenvalue weighted by Crippen LogP contribution is 2.27. The van der Waals surface area contributed by atoms with Crippen molar-refractivity contribution >= 4 is 5.69 Å². The lowest BCUT2D eigenvalue weighted by molar-refractivity contribution is 0.285. The molecule has 1 fully saturated rings. The molecule has 0 radical (unpaired) electrons. The van der Waals surface area contributed by atoms with E-state index in [1.54, 1.807) is 7.11 Å². The van der Waals surface area contributed by atoms with Crippen LogP contribution in [0.1, 0.15) is 38.2 Å². The minimum Gasteiger partial charge on any atom is -0.495 e. The molecule has 1 aromatic carbocycles. The van der Waals surface area contributed by atoms with Crippen molar-refractivity contribution < 1.29 is 4.74 Å². The summed E-state index contributed by atoms with van der Waals surface area (Å²) in [6, 6.07) is 6.95. The molecule has 3 nitrogen and oxygen atoms in total. The van der Waals surface area contributed by atoms with E-state index in [0.29, 0.717) is 6.04 Å². The molecule has 1 atom stereocenters. The second-order valence-corrected chi connectivity index (χ2v) is 5.82. The second-order valence-electron chi connectivity index (χ2n) is 5.82. The van der Waals surface area contributed by atoms with Gasteiger partial charge in [-0.15, -0.1) is 0 Å². The number of likely N-dealkylation sites (tertiary alicyclic amines) is 1. The van der Waals surface area contributed by atoms with E-state index in [-0.39, 0.29) is 0 Å². The van der Waals surface area contributed by atoms with Crippen LogP contribution in [0.25, 0.3) is 0 Å². The van der Waals surface area contributed by atoms with Gasteiger partial charge in [0.1, 0.15) is 5.75 Å². The Morgan fingerprint density at radius 1 is 1.30 bits per heavy atom. The highest BCUT2D eigenvalue weighted by atomic mass is 16.5. The van der Waals surface area contributed by atoms with Gasteiger partial charge in [-0.05, 0) is 63.4 Å². The zero-order valence-corrected chi connectivity index (χ0v) is 13.1. The van der Waals surface area contributed by atoms with Crippen LogP contribution in [-0.4, -0.2) is 37.7 Å². The van der Waals surface area contributed by atoms with Gasteiger partial charge in [0, 0.05) is 12.6 Å². The minimum atomic E-state index is 0.563. The number of methoxy groups -OCH3 is 1. The monoisotopic (exact) mass is 276 g/mol. The normalized spacial score (nSPS) is 20.4. The average molecular weight is 276 g/mol. The average Bonchev–Trinajstić information content (AvgIpc) is 2.67. The van der Waals surface area contributed by atoms with Gasteiger partial charge < -0.3 is 15.0 Å². The Kier molecular flexibility index (Phi) is 5.72. The number of nitrogens with zero attached hydrogens (tertiary/aromatic N) is 1. The lowest BCUT2D eigenvalue weighted by Gasteiger charge is -2.21. The van der Waals surface area contributed by atoms with Crippen molar-refractivity contribution in [3.05, 3.63) is 23.8 Å². The maximum absolute atomic E-state index is 5.49. The first-order valence-electron chi connectivity index (χ1n) is 7.86. The van der Waals surface area contributed by atoms with Crippen LogP contribution in [0.5, 0.6) is 5.75 Å². The number of aryl methyl sites for hydroxylation is 1. The Bertz CT molecular complexity index is 419. The summed E-state index contributed by atoms with van der Waals surface area (Å²) < 4.78 is 5.49. The van der Waals surface area contributed by atoms with Crippen LogP contribution >= 0.6 is 0 Å². The fraction of sp³-hybridized carbons (Fsp3) is 0.647. The van der Waals surface area contributed by atoms with E-state index >= 15 is 0 Å². The van der Waals surface area contributed by atoms with Crippen LogP contribution < -0.4 is 10.1 Å². The van der Waals surface area contributed by atoms with E-state index < -0.39 is 0 Å². The van der Waals surface area contributed by atoms with Crippen molar-refractivity contribution in [2.75, 3.05) is 32.1 Å². The molecule has 0 aromatic heterocycles. The summed E-state index contributed by atoms with van der Waals surface area (Å²) in [5.41, 5.74) is 2.37. The zero-order valence-electron chi connectivity index (χ0n) is 13.1. The third kappa shape index (κ3) is 4.14. The largest absolute Gasteiger partial charge is 0.495 e. The Hall–Kier alpha value is -1.22. The molecule has 0 spiro atoms. The molecule has 1 aliphatic rings. The molecular formula is C17H28N2O. The Balaban J connectivity index is 1.96. The summed E-state index contributed by atoms with van der Waals surface area (Å²) in [5, 5.41) is 3.68. The maximum atomic E-state index is 5.49. The van der Waals surface area contributed by atoms with E-state index in [2.05, 4.69) is 42.3 Å². The molecular weight excluding hydrogens is 248 g/mol. The van der Waals surface area contributed by atoms with E-state index in [4.69, 9.17) is 4.74 Å². The van der Waals surface area contributed by atoms with Gasteiger partial charge in [-0.25, -0.2) is 0 Å². The summed E-state index contributed by atoms with van der Waals surface area (Å²) >= 11 is 0. The molecule has 1 saturated heterocycles. The van der Waals surface area contributed by atoms with Crippen molar-refractivity contribution in [2.24, 2.45) is 0 Å². The van der Waals surface area contributed by atoms with Crippen LogP contribution in [0.3, 0.4) is 0 Å². The molecule has 1 N–H and O–H groups in total. The Morgan fingerprint density at radius 2 is 2.15 bits per heavy atom. The van der Waals surface area contributed by atoms with Crippen molar-refractivity contribution in [2.45, 2.75) is 45.6 Å². The van der Waals surface area contributed by atoms with Crippen molar-refractivity contribution in [3.8, 4) is 5.75 Å². The van der Waals surface area contributed by atoms with Crippen molar-refractivity contribution in [1.29, 1.82) is 0 Å². The fourth-order valence-electron chi connectivity index (χ4n) is 2.98. The van der Waals surface area contributed by atoms with Gasteiger partial charge in [-0.2, -0.15) is 0 Å².